The van der Waals surface area contributed by atoms with Crippen molar-refractivity contribution in [3.63, 3.8) is 0 Å². The second-order valence-corrected chi connectivity index (χ2v) is 7.67. The lowest BCUT2D eigenvalue weighted by molar-refractivity contribution is 0.0483. The quantitative estimate of drug-likeness (QED) is 0.721. The van der Waals surface area contributed by atoms with E-state index in [-0.39, 0.29) is 47.6 Å². The Morgan fingerprint density at radius 2 is 1.79 bits per heavy atom. The maximum Gasteiger partial charge on any atom is 0.410 e. The Hall–Kier alpha value is -3.20. The summed E-state index contributed by atoms with van der Waals surface area (Å²) in [5, 5.41) is 8.86. The van der Waals surface area contributed by atoms with Crippen LogP contribution in [-0.2, 0) is 11.3 Å². The number of amides is 1. The van der Waals surface area contributed by atoms with Crippen LogP contribution in [-0.4, -0.2) is 28.9 Å². The van der Waals surface area contributed by atoms with Crippen molar-refractivity contribution in [3.05, 3.63) is 71.0 Å². The Labute approximate surface area is 168 Å². The predicted octanol–water partition coefficient (Wildman–Crippen LogP) is 4.46. The molecular formula is C23H21FN2O3. The van der Waals surface area contributed by atoms with Gasteiger partial charge in [0.2, 0.25) is 0 Å². The van der Waals surface area contributed by atoms with E-state index in [1.165, 1.54) is 12.1 Å². The zero-order valence-corrected chi connectivity index (χ0v) is 15.9. The molecule has 0 aliphatic carbocycles. The van der Waals surface area contributed by atoms with Crippen molar-refractivity contribution in [3.8, 4) is 6.07 Å². The first-order valence-electron chi connectivity index (χ1n) is 9.79. The van der Waals surface area contributed by atoms with E-state index < -0.39 is 5.82 Å². The fourth-order valence-electron chi connectivity index (χ4n) is 4.49. The number of halogens is 1. The van der Waals surface area contributed by atoms with E-state index in [4.69, 9.17) is 10.00 Å². The number of benzene rings is 2. The van der Waals surface area contributed by atoms with Crippen LogP contribution in [0.3, 0.4) is 0 Å². The Morgan fingerprint density at radius 1 is 1.10 bits per heavy atom. The molecule has 2 aliphatic rings. The Bertz CT molecular complexity index is 956. The van der Waals surface area contributed by atoms with Crippen molar-refractivity contribution in [1.29, 1.82) is 5.26 Å². The number of Topliss-reactive ketones (excluding diaryl/α,β-unsaturated/α-hetero) is 1. The van der Waals surface area contributed by atoms with Crippen molar-refractivity contribution in [2.45, 2.75) is 44.4 Å². The van der Waals surface area contributed by atoms with E-state index in [2.05, 4.69) is 0 Å². The zero-order valence-electron chi connectivity index (χ0n) is 15.9. The summed E-state index contributed by atoms with van der Waals surface area (Å²) < 4.78 is 19.7. The summed E-state index contributed by atoms with van der Waals surface area (Å²) in [5.74, 6) is -1.24. The lowest BCUT2D eigenvalue weighted by Gasteiger charge is -2.37. The molecule has 0 saturated carbocycles. The van der Waals surface area contributed by atoms with Gasteiger partial charge in [-0.05, 0) is 49.4 Å². The highest BCUT2D eigenvalue weighted by atomic mass is 19.1. The third-order valence-corrected chi connectivity index (χ3v) is 5.88. The van der Waals surface area contributed by atoms with Crippen LogP contribution < -0.4 is 0 Å². The number of carbonyl (C=O) groups excluding carboxylic acids is 2. The standard InChI is InChI=1S/C23H21FN2O3/c24-21-10-16(13-25)6-9-20(21)22(27)17-11-18-7-8-19(12-17)26(18)23(28)29-14-15-4-2-1-3-5-15/h1-6,9-10,17-19H,7-8,11-12,14H2. The SMILES string of the molecule is N#Cc1ccc(C(=O)C2CC3CCC(C2)N3C(=O)OCc2ccccc2)c(F)c1. The number of fused-ring (bicyclic) bond motifs is 2. The van der Waals surface area contributed by atoms with Gasteiger partial charge in [-0.3, -0.25) is 4.79 Å². The van der Waals surface area contributed by atoms with Crippen molar-refractivity contribution in [2.75, 3.05) is 0 Å². The number of rotatable bonds is 4. The smallest absolute Gasteiger partial charge is 0.410 e. The number of hydrogen-bond donors (Lipinski definition) is 0. The van der Waals surface area contributed by atoms with Crippen molar-refractivity contribution in [2.24, 2.45) is 5.92 Å². The van der Waals surface area contributed by atoms with Crippen LogP contribution in [0.15, 0.2) is 48.5 Å². The molecule has 0 aromatic heterocycles. The monoisotopic (exact) mass is 392 g/mol. The number of ether oxygens (including phenoxy) is 1. The van der Waals surface area contributed by atoms with E-state index in [1.807, 2.05) is 36.4 Å². The molecule has 1 amide bonds. The van der Waals surface area contributed by atoms with E-state index in [9.17, 15) is 14.0 Å². The average Bonchev–Trinajstić information content (AvgIpc) is 3.01. The minimum Gasteiger partial charge on any atom is -0.445 e. The number of nitrogens with zero attached hydrogens (tertiary/aromatic N) is 2. The molecular weight excluding hydrogens is 371 g/mol. The molecule has 2 aromatic carbocycles. The molecule has 2 aliphatic heterocycles. The summed E-state index contributed by atoms with van der Waals surface area (Å²) in [6.45, 7) is 0.217. The normalized spacial score (nSPS) is 22.8. The van der Waals surface area contributed by atoms with E-state index in [1.54, 1.807) is 4.90 Å². The maximum atomic E-state index is 14.3. The second kappa shape index (κ2) is 8.04. The van der Waals surface area contributed by atoms with Gasteiger partial charge in [0.05, 0.1) is 17.2 Å². The van der Waals surface area contributed by atoms with Crippen LogP contribution in [0.4, 0.5) is 9.18 Å². The number of carbonyl (C=O) groups is 2. The van der Waals surface area contributed by atoms with Gasteiger partial charge < -0.3 is 9.64 Å². The topological polar surface area (TPSA) is 70.4 Å². The molecule has 2 saturated heterocycles. The molecule has 2 heterocycles. The van der Waals surface area contributed by atoms with Crippen molar-refractivity contribution >= 4 is 11.9 Å². The van der Waals surface area contributed by atoms with Crippen LogP contribution in [0.2, 0.25) is 0 Å². The third-order valence-electron chi connectivity index (χ3n) is 5.88. The molecule has 6 heteroatoms. The Kier molecular flexibility index (Phi) is 5.30. The molecule has 2 fully saturated rings. The van der Waals surface area contributed by atoms with E-state index in [0.717, 1.165) is 24.5 Å². The predicted molar refractivity (Wildman–Crippen MR) is 103 cm³/mol. The average molecular weight is 392 g/mol. The second-order valence-electron chi connectivity index (χ2n) is 7.67. The van der Waals surface area contributed by atoms with Gasteiger partial charge in [-0.25, -0.2) is 9.18 Å². The molecule has 4 rings (SSSR count). The lowest BCUT2D eigenvalue weighted by Crippen LogP contribution is -2.48. The van der Waals surface area contributed by atoms with Crippen LogP contribution in [0.5, 0.6) is 0 Å². The summed E-state index contributed by atoms with van der Waals surface area (Å²) in [6.07, 6.45) is 2.32. The summed E-state index contributed by atoms with van der Waals surface area (Å²) in [4.78, 5) is 27.3. The fraction of sp³-hybridized carbons (Fsp3) is 0.348. The maximum absolute atomic E-state index is 14.3. The van der Waals surface area contributed by atoms with Crippen LogP contribution >= 0.6 is 0 Å². The van der Waals surface area contributed by atoms with Gasteiger partial charge >= 0.3 is 6.09 Å². The van der Waals surface area contributed by atoms with E-state index >= 15 is 0 Å². The number of piperidine rings is 1. The number of hydrogen-bond acceptors (Lipinski definition) is 4. The van der Waals surface area contributed by atoms with Crippen molar-refractivity contribution < 1.29 is 18.7 Å². The molecule has 0 spiro atoms. The number of ketones is 1. The Morgan fingerprint density at radius 3 is 2.41 bits per heavy atom. The largest absolute Gasteiger partial charge is 0.445 e. The third kappa shape index (κ3) is 3.86. The lowest BCUT2D eigenvalue weighted by atomic mass is 9.84. The highest BCUT2D eigenvalue weighted by Crippen LogP contribution is 2.40. The van der Waals surface area contributed by atoms with Gasteiger partial charge in [-0.2, -0.15) is 5.26 Å². The fourth-order valence-corrected chi connectivity index (χ4v) is 4.49. The first-order chi connectivity index (χ1) is 14.1. The molecule has 5 nitrogen and oxygen atoms in total. The molecule has 0 radical (unpaired) electrons. The van der Waals surface area contributed by atoms with Gasteiger partial charge in [0, 0.05) is 18.0 Å². The molecule has 2 bridgehead atoms. The molecule has 2 atom stereocenters. The van der Waals surface area contributed by atoms with Gasteiger partial charge in [0.15, 0.2) is 5.78 Å². The zero-order chi connectivity index (χ0) is 20.4. The van der Waals surface area contributed by atoms with Crippen LogP contribution in [0, 0.1) is 23.1 Å². The van der Waals surface area contributed by atoms with Crippen LogP contribution in [0.25, 0.3) is 0 Å². The van der Waals surface area contributed by atoms with Gasteiger partial charge in [-0.1, -0.05) is 30.3 Å². The van der Waals surface area contributed by atoms with Crippen molar-refractivity contribution in [1.82, 2.24) is 4.90 Å². The van der Waals surface area contributed by atoms with Crippen LogP contribution in [0.1, 0.15) is 47.2 Å². The number of nitriles is 1. The van der Waals surface area contributed by atoms with E-state index in [0.29, 0.717) is 12.8 Å². The minimum atomic E-state index is -0.661. The highest BCUT2D eigenvalue weighted by Gasteiger charge is 2.46. The van der Waals surface area contributed by atoms with Gasteiger partial charge in [-0.15, -0.1) is 0 Å². The summed E-state index contributed by atoms with van der Waals surface area (Å²) in [5.41, 5.74) is 1.14. The molecule has 29 heavy (non-hydrogen) atoms. The molecule has 2 unspecified atom stereocenters. The summed E-state index contributed by atoms with van der Waals surface area (Å²) in [7, 11) is 0. The highest BCUT2D eigenvalue weighted by molar-refractivity contribution is 5.98. The molecule has 148 valence electrons. The molecule has 2 aromatic rings. The first kappa shape index (κ1) is 19.1. The summed E-state index contributed by atoms with van der Waals surface area (Å²) in [6, 6.07) is 15.2. The summed E-state index contributed by atoms with van der Waals surface area (Å²) >= 11 is 0. The minimum absolute atomic E-state index is 0.0218. The Balaban J connectivity index is 1.41. The van der Waals surface area contributed by atoms with Gasteiger partial charge in [0.25, 0.3) is 0 Å². The van der Waals surface area contributed by atoms with Gasteiger partial charge in [0.1, 0.15) is 12.4 Å². The molecule has 0 N–H and O–H groups in total. The first-order valence-corrected chi connectivity index (χ1v) is 9.79.